The number of benzene rings is 1. The topological polar surface area (TPSA) is 55.2 Å². The van der Waals surface area contributed by atoms with E-state index in [1.165, 1.54) is 12.8 Å². The summed E-state index contributed by atoms with van der Waals surface area (Å²) < 4.78 is 0. The second-order valence-electron chi connectivity index (χ2n) is 5.46. The SMILES string of the molecule is Cc1ccc(C(C)NC2CC(C)C2)cc1[N+](=O)[O-]. The Morgan fingerprint density at radius 3 is 2.67 bits per heavy atom. The van der Waals surface area contributed by atoms with Crippen LogP contribution in [0.4, 0.5) is 5.69 Å². The summed E-state index contributed by atoms with van der Waals surface area (Å²) in [6.07, 6.45) is 2.41. The molecule has 1 aromatic rings. The lowest BCUT2D eigenvalue weighted by Crippen LogP contribution is -2.41. The third kappa shape index (κ3) is 2.70. The molecule has 1 fully saturated rings. The van der Waals surface area contributed by atoms with Crippen molar-refractivity contribution in [1.82, 2.24) is 5.32 Å². The van der Waals surface area contributed by atoms with E-state index in [0.29, 0.717) is 11.6 Å². The Balaban J connectivity index is 2.08. The first-order chi connectivity index (χ1) is 8.47. The number of nitro benzene ring substituents is 1. The van der Waals surface area contributed by atoms with Gasteiger partial charge in [0.25, 0.3) is 5.69 Å². The second kappa shape index (κ2) is 5.06. The van der Waals surface area contributed by atoms with E-state index in [2.05, 4.69) is 19.2 Å². The third-order valence-corrected chi connectivity index (χ3v) is 3.79. The van der Waals surface area contributed by atoms with Gasteiger partial charge in [-0.05, 0) is 38.2 Å². The molecule has 1 aromatic carbocycles. The van der Waals surface area contributed by atoms with Gasteiger partial charge in [0.05, 0.1) is 4.92 Å². The van der Waals surface area contributed by atoms with Gasteiger partial charge in [-0.1, -0.05) is 19.1 Å². The van der Waals surface area contributed by atoms with E-state index in [0.717, 1.165) is 11.5 Å². The highest BCUT2D eigenvalue weighted by atomic mass is 16.6. The van der Waals surface area contributed by atoms with E-state index in [-0.39, 0.29) is 16.7 Å². The molecule has 4 nitrogen and oxygen atoms in total. The van der Waals surface area contributed by atoms with Crippen LogP contribution in [0.2, 0.25) is 0 Å². The van der Waals surface area contributed by atoms with Crippen molar-refractivity contribution in [3.8, 4) is 0 Å². The van der Waals surface area contributed by atoms with Gasteiger partial charge in [-0.25, -0.2) is 0 Å². The third-order valence-electron chi connectivity index (χ3n) is 3.79. The largest absolute Gasteiger partial charge is 0.307 e. The fraction of sp³-hybridized carbons (Fsp3) is 0.571. The Labute approximate surface area is 108 Å². The van der Waals surface area contributed by atoms with Gasteiger partial charge in [0.1, 0.15) is 0 Å². The van der Waals surface area contributed by atoms with E-state index in [1.807, 2.05) is 12.1 Å². The predicted molar refractivity (Wildman–Crippen MR) is 71.6 cm³/mol. The minimum atomic E-state index is -0.309. The van der Waals surface area contributed by atoms with Gasteiger partial charge >= 0.3 is 0 Å². The molecular formula is C14H20N2O2. The van der Waals surface area contributed by atoms with Crippen LogP contribution in [0.5, 0.6) is 0 Å². The van der Waals surface area contributed by atoms with Gasteiger partial charge in [0, 0.05) is 23.7 Å². The summed E-state index contributed by atoms with van der Waals surface area (Å²) in [6, 6.07) is 6.23. The van der Waals surface area contributed by atoms with E-state index in [9.17, 15) is 10.1 Å². The van der Waals surface area contributed by atoms with Crippen LogP contribution < -0.4 is 5.32 Å². The highest BCUT2D eigenvalue weighted by Crippen LogP contribution is 2.29. The molecule has 0 spiro atoms. The van der Waals surface area contributed by atoms with E-state index in [1.54, 1.807) is 13.0 Å². The Kier molecular flexibility index (Phi) is 3.66. The molecule has 18 heavy (non-hydrogen) atoms. The molecule has 0 saturated heterocycles. The first-order valence-corrected chi connectivity index (χ1v) is 6.48. The summed E-state index contributed by atoms with van der Waals surface area (Å²) in [6.45, 7) is 6.09. The minimum Gasteiger partial charge on any atom is -0.307 e. The quantitative estimate of drug-likeness (QED) is 0.656. The summed E-state index contributed by atoms with van der Waals surface area (Å²) in [5, 5.41) is 14.4. The van der Waals surface area contributed by atoms with Crippen LogP contribution in [-0.4, -0.2) is 11.0 Å². The van der Waals surface area contributed by atoms with Crippen LogP contribution in [0.1, 0.15) is 43.9 Å². The van der Waals surface area contributed by atoms with Crippen LogP contribution in [0, 0.1) is 23.0 Å². The molecule has 1 aliphatic carbocycles. The number of nitrogens with zero attached hydrogens (tertiary/aromatic N) is 1. The number of rotatable bonds is 4. The van der Waals surface area contributed by atoms with Crippen molar-refractivity contribution in [3.05, 3.63) is 39.4 Å². The van der Waals surface area contributed by atoms with Crippen molar-refractivity contribution < 1.29 is 4.92 Å². The Morgan fingerprint density at radius 2 is 2.11 bits per heavy atom. The molecule has 0 amide bonds. The van der Waals surface area contributed by atoms with Crippen molar-refractivity contribution in [2.75, 3.05) is 0 Å². The maximum Gasteiger partial charge on any atom is 0.272 e. The molecule has 1 aliphatic rings. The maximum atomic E-state index is 10.9. The molecule has 2 rings (SSSR count). The molecule has 0 aliphatic heterocycles. The summed E-state index contributed by atoms with van der Waals surface area (Å²) in [5.74, 6) is 0.807. The van der Waals surface area contributed by atoms with Gasteiger partial charge in [-0.3, -0.25) is 10.1 Å². The van der Waals surface area contributed by atoms with Crippen molar-refractivity contribution in [2.45, 2.75) is 45.7 Å². The minimum absolute atomic E-state index is 0.168. The van der Waals surface area contributed by atoms with Gasteiger partial charge < -0.3 is 5.32 Å². The Hall–Kier alpha value is -1.42. The number of aryl methyl sites for hydroxylation is 1. The van der Waals surface area contributed by atoms with Gasteiger partial charge in [0.15, 0.2) is 0 Å². The maximum absolute atomic E-state index is 10.9. The molecule has 4 heteroatoms. The monoisotopic (exact) mass is 248 g/mol. The van der Waals surface area contributed by atoms with Gasteiger partial charge in [-0.2, -0.15) is 0 Å². The molecule has 0 bridgehead atoms. The number of hydrogen-bond donors (Lipinski definition) is 1. The molecule has 1 saturated carbocycles. The van der Waals surface area contributed by atoms with E-state index >= 15 is 0 Å². The lowest BCUT2D eigenvalue weighted by Gasteiger charge is -2.35. The fourth-order valence-corrected chi connectivity index (χ4v) is 2.58. The highest BCUT2D eigenvalue weighted by molar-refractivity contribution is 5.43. The van der Waals surface area contributed by atoms with Crippen LogP contribution in [-0.2, 0) is 0 Å². The standard InChI is InChI=1S/C14H20N2O2/c1-9-6-13(7-9)15-11(3)12-5-4-10(2)14(8-12)16(17)18/h4-5,8-9,11,13,15H,6-7H2,1-3H3. The number of hydrogen-bond acceptors (Lipinski definition) is 3. The first-order valence-electron chi connectivity index (χ1n) is 6.48. The van der Waals surface area contributed by atoms with Crippen LogP contribution in [0.15, 0.2) is 18.2 Å². The lowest BCUT2D eigenvalue weighted by atomic mass is 9.81. The molecule has 0 aromatic heterocycles. The zero-order valence-electron chi connectivity index (χ0n) is 11.1. The zero-order valence-corrected chi connectivity index (χ0v) is 11.1. The fourth-order valence-electron chi connectivity index (χ4n) is 2.58. The summed E-state index contributed by atoms with van der Waals surface area (Å²) >= 11 is 0. The summed E-state index contributed by atoms with van der Waals surface area (Å²) in [7, 11) is 0. The van der Waals surface area contributed by atoms with Crippen molar-refractivity contribution in [1.29, 1.82) is 0 Å². The average molecular weight is 248 g/mol. The number of nitrogens with one attached hydrogen (secondary N) is 1. The molecule has 1 N–H and O–H groups in total. The normalized spacial score (nSPS) is 24.4. The Bertz CT molecular complexity index is 453. The lowest BCUT2D eigenvalue weighted by molar-refractivity contribution is -0.385. The summed E-state index contributed by atoms with van der Waals surface area (Å²) in [5.41, 5.74) is 1.92. The highest BCUT2D eigenvalue weighted by Gasteiger charge is 2.26. The molecular weight excluding hydrogens is 228 g/mol. The summed E-state index contributed by atoms with van der Waals surface area (Å²) in [4.78, 5) is 10.6. The number of nitro groups is 1. The molecule has 1 atom stereocenters. The van der Waals surface area contributed by atoms with E-state index < -0.39 is 0 Å². The second-order valence-corrected chi connectivity index (χ2v) is 5.46. The zero-order chi connectivity index (χ0) is 13.3. The molecule has 0 heterocycles. The molecule has 1 unspecified atom stereocenters. The predicted octanol–water partition coefficient (Wildman–Crippen LogP) is 3.35. The van der Waals surface area contributed by atoms with Crippen LogP contribution >= 0.6 is 0 Å². The van der Waals surface area contributed by atoms with Gasteiger partial charge in [0.2, 0.25) is 0 Å². The van der Waals surface area contributed by atoms with Crippen molar-refractivity contribution >= 4 is 5.69 Å². The van der Waals surface area contributed by atoms with E-state index in [4.69, 9.17) is 0 Å². The van der Waals surface area contributed by atoms with Crippen molar-refractivity contribution in [2.24, 2.45) is 5.92 Å². The molecule has 0 radical (unpaired) electrons. The van der Waals surface area contributed by atoms with Crippen LogP contribution in [0.3, 0.4) is 0 Å². The first kappa shape index (κ1) is 13.0. The average Bonchev–Trinajstić information content (AvgIpc) is 2.27. The Morgan fingerprint density at radius 1 is 1.44 bits per heavy atom. The van der Waals surface area contributed by atoms with Crippen molar-refractivity contribution in [3.63, 3.8) is 0 Å². The van der Waals surface area contributed by atoms with Gasteiger partial charge in [-0.15, -0.1) is 0 Å². The van der Waals surface area contributed by atoms with Crippen LogP contribution in [0.25, 0.3) is 0 Å². The molecule has 98 valence electrons. The smallest absolute Gasteiger partial charge is 0.272 e.